The minimum Gasteiger partial charge on any atom is -0.744 e. The summed E-state index contributed by atoms with van der Waals surface area (Å²) in [5, 5.41) is 2.67. The number of hydrogen-bond donors (Lipinski definition) is 0. The molecule has 0 saturated heterocycles. The molecule has 4 aromatic carbocycles. The molecule has 0 aliphatic carbocycles. The zero-order valence-corrected chi connectivity index (χ0v) is 19.1. The van der Waals surface area contributed by atoms with E-state index in [0.29, 0.717) is 0 Å². The molecule has 0 amide bonds. The SMILES string of the molecule is CC1(C)C=[N+](c2ccccc2)c2ccc3ccccc3c21.Cc1ccc(S(=O)(=O)[O-])cc1. The van der Waals surface area contributed by atoms with Gasteiger partial charge in [-0.05, 0) is 49.7 Å². The van der Waals surface area contributed by atoms with Crippen LogP contribution in [0, 0.1) is 6.92 Å². The van der Waals surface area contributed by atoms with E-state index in [1.807, 2.05) is 6.92 Å². The van der Waals surface area contributed by atoms with Gasteiger partial charge in [0, 0.05) is 23.8 Å². The van der Waals surface area contributed by atoms with E-state index >= 15 is 0 Å². The summed E-state index contributed by atoms with van der Waals surface area (Å²) in [6.07, 6.45) is 2.33. The maximum absolute atomic E-state index is 10.4. The van der Waals surface area contributed by atoms with E-state index in [0.717, 1.165) is 5.56 Å². The lowest BCUT2D eigenvalue weighted by molar-refractivity contribution is 0.463. The molecule has 0 atom stereocenters. The van der Waals surface area contributed by atoms with E-state index in [9.17, 15) is 13.0 Å². The molecule has 5 heteroatoms. The molecule has 162 valence electrons. The summed E-state index contributed by atoms with van der Waals surface area (Å²) in [5.41, 5.74) is 4.90. The second kappa shape index (κ2) is 8.34. The number of aryl methyl sites for hydroxylation is 1. The largest absolute Gasteiger partial charge is 0.744 e. The number of nitrogens with zero attached hydrogens (tertiary/aromatic N) is 1. The Morgan fingerprint density at radius 3 is 2.06 bits per heavy atom. The second-order valence-corrected chi connectivity index (χ2v) is 9.88. The molecule has 0 aromatic heterocycles. The van der Waals surface area contributed by atoms with E-state index in [-0.39, 0.29) is 10.3 Å². The molecule has 1 heterocycles. The smallest absolute Gasteiger partial charge is 0.215 e. The predicted octanol–water partition coefficient (Wildman–Crippen LogP) is 5.94. The van der Waals surface area contributed by atoms with Gasteiger partial charge in [0.05, 0.1) is 10.3 Å². The van der Waals surface area contributed by atoms with Crippen molar-refractivity contribution in [2.75, 3.05) is 0 Å². The Labute approximate surface area is 189 Å². The first-order chi connectivity index (χ1) is 15.2. The van der Waals surface area contributed by atoms with Gasteiger partial charge in [0.2, 0.25) is 11.4 Å². The Balaban J connectivity index is 0.000000189. The lowest BCUT2D eigenvalue weighted by atomic mass is 9.84. The quantitative estimate of drug-likeness (QED) is 0.285. The van der Waals surface area contributed by atoms with Gasteiger partial charge in [0.15, 0.2) is 6.21 Å². The fraction of sp³-hybridized carbons (Fsp3) is 0.148. The monoisotopic (exact) mass is 443 g/mol. The van der Waals surface area contributed by atoms with Crippen LogP contribution in [0.3, 0.4) is 0 Å². The number of para-hydroxylation sites is 1. The van der Waals surface area contributed by atoms with Gasteiger partial charge in [-0.2, -0.15) is 4.58 Å². The highest BCUT2D eigenvalue weighted by Crippen LogP contribution is 2.42. The highest BCUT2D eigenvalue weighted by Gasteiger charge is 2.39. The third kappa shape index (κ3) is 4.35. The zero-order chi connectivity index (χ0) is 22.9. The van der Waals surface area contributed by atoms with Crippen molar-refractivity contribution in [1.82, 2.24) is 4.58 Å². The fourth-order valence-electron chi connectivity index (χ4n) is 4.10. The Morgan fingerprint density at radius 1 is 0.781 bits per heavy atom. The first-order valence-corrected chi connectivity index (χ1v) is 11.8. The average molecular weight is 444 g/mol. The molecule has 0 fully saturated rings. The van der Waals surface area contributed by atoms with Gasteiger partial charge < -0.3 is 4.55 Å². The molecule has 5 rings (SSSR count). The lowest BCUT2D eigenvalue weighted by Gasteiger charge is -2.13. The highest BCUT2D eigenvalue weighted by molar-refractivity contribution is 7.85. The molecule has 0 bridgehead atoms. The van der Waals surface area contributed by atoms with Crippen molar-refractivity contribution in [2.45, 2.75) is 31.1 Å². The molecule has 0 N–H and O–H groups in total. The summed E-state index contributed by atoms with van der Waals surface area (Å²) >= 11 is 0. The predicted molar refractivity (Wildman–Crippen MR) is 130 cm³/mol. The molecule has 0 spiro atoms. The molecule has 32 heavy (non-hydrogen) atoms. The highest BCUT2D eigenvalue weighted by atomic mass is 32.2. The first-order valence-electron chi connectivity index (χ1n) is 10.4. The van der Waals surface area contributed by atoms with Crippen LogP contribution in [0.4, 0.5) is 11.4 Å². The van der Waals surface area contributed by atoms with Crippen molar-refractivity contribution >= 4 is 38.5 Å². The van der Waals surface area contributed by atoms with E-state index in [1.54, 1.807) is 12.1 Å². The molecule has 0 unspecified atom stereocenters. The minimum absolute atomic E-state index is 0.0338. The van der Waals surface area contributed by atoms with Crippen molar-refractivity contribution in [3.05, 3.63) is 102 Å². The zero-order valence-electron chi connectivity index (χ0n) is 18.3. The van der Waals surface area contributed by atoms with Crippen LogP contribution in [0.5, 0.6) is 0 Å². The van der Waals surface area contributed by atoms with Crippen LogP contribution >= 0.6 is 0 Å². The molecule has 1 aliphatic heterocycles. The van der Waals surface area contributed by atoms with Gasteiger partial charge in [0.25, 0.3) is 0 Å². The molecule has 4 nitrogen and oxygen atoms in total. The molecular weight excluding hydrogens is 418 g/mol. The van der Waals surface area contributed by atoms with Crippen molar-refractivity contribution in [3.8, 4) is 0 Å². The third-order valence-electron chi connectivity index (χ3n) is 5.61. The van der Waals surface area contributed by atoms with Crippen molar-refractivity contribution in [3.63, 3.8) is 0 Å². The van der Waals surface area contributed by atoms with Gasteiger partial charge in [-0.25, -0.2) is 8.42 Å². The van der Waals surface area contributed by atoms with E-state index < -0.39 is 10.1 Å². The normalized spacial score (nSPS) is 14.3. The van der Waals surface area contributed by atoms with Gasteiger partial charge in [0.1, 0.15) is 10.1 Å². The molecule has 0 radical (unpaired) electrons. The van der Waals surface area contributed by atoms with Gasteiger partial charge in [-0.1, -0.05) is 60.2 Å². The molecule has 4 aromatic rings. The van der Waals surface area contributed by atoms with Crippen LogP contribution in [0.1, 0.15) is 25.0 Å². The van der Waals surface area contributed by atoms with Gasteiger partial charge >= 0.3 is 0 Å². The van der Waals surface area contributed by atoms with Gasteiger partial charge in [-0.15, -0.1) is 0 Å². The van der Waals surface area contributed by atoms with Crippen molar-refractivity contribution < 1.29 is 13.0 Å². The summed E-state index contributed by atoms with van der Waals surface area (Å²) in [6, 6.07) is 29.5. The Morgan fingerprint density at radius 2 is 1.41 bits per heavy atom. The molecular formula is C27H25NO3S. The maximum atomic E-state index is 10.4. The van der Waals surface area contributed by atoms with Crippen LogP contribution in [0.2, 0.25) is 0 Å². The summed E-state index contributed by atoms with van der Waals surface area (Å²) in [4.78, 5) is -0.178. The topological polar surface area (TPSA) is 60.2 Å². The first kappa shape index (κ1) is 21.9. The number of rotatable bonds is 2. The second-order valence-electron chi connectivity index (χ2n) is 8.50. The average Bonchev–Trinajstić information content (AvgIpc) is 3.06. The van der Waals surface area contributed by atoms with Crippen LogP contribution in [0.25, 0.3) is 10.8 Å². The third-order valence-corrected chi connectivity index (χ3v) is 6.46. The summed E-state index contributed by atoms with van der Waals surface area (Å²) < 4.78 is 33.5. The Kier molecular flexibility index (Phi) is 5.71. The minimum atomic E-state index is -4.27. The van der Waals surface area contributed by atoms with E-state index in [1.165, 1.54) is 39.8 Å². The summed E-state index contributed by atoms with van der Waals surface area (Å²) in [7, 11) is -4.27. The molecule has 0 saturated carbocycles. The number of benzene rings is 4. The van der Waals surface area contributed by atoms with Crippen LogP contribution in [0.15, 0.2) is 95.9 Å². The van der Waals surface area contributed by atoms with Crippen LogP contribution in [-0.4, -0.2) is 19.2 Å². The van der Waals surface area contributed by atoms with Crippen LogP contribution < -0.4 is 4.58 Å². The van der Waals surface area contributed by atoms with E-state index in [2.05, 4.69) is 91.4 Å². The number of hydrogen-bond acceptors (Lipinski definition) is 3. The lowest BCUT2D eigenvalue weighted by Crippen LogP contribution is -2.17. The maximum Gasteiger partial charge on any atom is 0.215 e. The fourth-order valence-corrected chi connectivity index (χ4v) is 4.57. The summed E-state index contributed by atoms with van der Waals surface area (Å²) in [5.74, 6) is 0. The molecule has 1 aliphatic rings. The van der Waals surface area contributed by atoms with E-state index in [4.69, 9.17) is 0 Å². The van der Waals surface area contributed by atoms with Crippen molar-refractivity contribution in [2.24, 2.45) is 0 Å². The summed E-state index contributed by atoms with van der Waals surface area (Å²) in [6.45, 7) is 6.41. The van der Waals surface area contributed by atoms with Crippen molar-refractivity contribution in [1.29, 1.82) is 0 Å². The number of fused-ring (bicyclic) bond motifs is 3. The van der Waals surface area contributed by atoms with Crippen LogP contribution in [-0.2, 0) is 15.5 Å². The Bertz CT molecular complexity index is 1400. The standard InChI is InChI=1S/C20H18N.C7H8O3S/c1-20(2)14-21(16-9-4-3-5-10-16)18-13-12-15-8-6-7-11-17(15)19(18)20;1-6-2-4-7(5-3-6)11(8,9)10/h3-14H,1-2H3;2-5H,1H3,(H,8,9,10)/q+1;/p-1. The van der Waals surface area contributed by atoms with Gasteiger partial charge in [-0.3, -0.25) is 0 Å². The Hall–Kier alpha value is -3.28.